The smallest absolute Gasteiger partial charge is 0.158 e. The second kappa shape index (κ2) is 13.5. The maximum atomic E-state index is 12.2. The first-order chi connectivity index (χ1) is 13.3. The molecule has 0 spiro atoms. The monoisotopic (exact) mass is 416 g/mol. The predicted molar refractivity (Wildman–Crippen MR) is 111 cm³/mol. The number of Topliss-reactive ketones (excluding diaryl/α,β-unsaturated/α-hetero) is 2. The van der Waals surface area contributed by atoms with Crippen LogP contribution in [-0.2, 0) is 9.59 Å². The molecule has 1 aliphatic rings. The molecule has 0 radical (unpaired) electrons. The lowest BCUT2D eigenvalue weighted by Crippen LogP contribution is -2.38. The summed E-state index contributed by atoms with van der Waals surface area (Å²) in [5.74, 6) is 0.409. The van der Waals surface area contributed by atoms with Crippen molar-refractivity contribution in [2.24, 2.45) is 11.8 Å². The number of hydrogen-bond acceptors (Lipinski definition) is 5. The SMILES string of the molecule is CCCCC(O)(CC=C[C@H]1CCC(=O)[C@@H]1CCCCCCC(=O)CO)C(O)Cl. The van der Waals surface area contributed by atoms with Crippen molar-refractivity contribution in [3.8, 4) is 0 Å². The third-order valence-electron chi connectivity index (χ3n) is 5.81. The van der Waals surface area contributed by atoms with E-state index in [1.807, 2.05) is 19.1 Å². The van der Waals surface area contributed by atoms with E-state index < -0.39 is 11.2 Å². The third kappa shape index (κ3) is 8.73. The first-order valence-corrected chi connectivity index (χ1v) is 11.1. The highest BCUT2D eigenvalue weighted by Crippen LogP contribution is 2.34. The van der Waals surface area contributed by atoms with Crippen molar-refractivity contribution in [3.05, 3.63) is 12.2 Å². The van der Waals surface area contributed by atoms with E-state index in [0.717, 1.165) is 51.4 Å². The first-order valence-electron chi connectivity index (χ1n) is 10.7. The van der Waals surface area contributed by atoms with E-state index in [9.17, 15) is 19.8 Å². The van der Waals surface area contributed by atoms with Crippen LogP contribution in [0.3, 0.4) is 0 Å². The second-order valence-corrected chi connectivity index (χ2v) is 8.51. The third-order valence-corrected chi connectivity index (χ3v) is 6.22. The van der Waals surface area contributed by atoms with Gasteiger partial charge in [-0.15, -0.1) is 0 Å². The molecule has 4 atom stereocenters. The summed E-state index contributed by atoms with van der Waals surface area (Å²) < 4.78 is 0. The quantitative estimate of drug-likeness (QED) is 0.214. The van der Waals surface area contributed by atoms with Gasteiger partial charge in [0.15, 0.2) is 11.3 Å². The summed E-state index contributed by atoms with van der Waals surface area (Å²) in [5.41, 5.74) is -2.62. The van der Waals surface area contributed by atoms with Crippen molar-refractivity contribution in [2.45, 2.75) is 95.1 Å². The molecule has 0 aliphatic heterocycles. The molecule has 0 aromatic heterocycles. The lowest BCUT2D eigenvalue weighted by Gasteiger charge is -2.28. The number of carbonyl (C=O) groups excluding carboxylic acids is 2. The number of alkyl halides is 1. The maximum absolute atomic E-state index is 12.2. The molecular weight excluding hydrogens is 380 g/mol. The number of unbranched alkanes of at least 4 members (excludes halogenated alkanes) is 4. The molecule has 3 N–H and O–H groups in total. The van der Waals surface area contributed by atoms with Crippen LogP contribution < -0.4 is 0 Å². The highest BCUT2D eigenvalue weighted by Gasteiger charge is 2.34. The van der Waals surface area contributed by atoms with E-state index in [2.05, 4.69) is 0 Å². The maximum Gasteiger partial charge on any atom is 0.158 e. The van der Waals surface area contributed by atoms with Gasteiger partial charge in [0, 0.05) is 18.8 Å². The molecule has 1 rings (SSSR count). The summed E-state index contributed by atoms with van der Waals surface area (Å²) in [6, 6.07) is 0. The summed E-state index contributed by atoms with van der Waals surface area (Å²) in [4.78, 5) is 23.3. The molecule has 162 valence electrons. The number of hydrogen-bond donors (Lipinski definition) is 3. The van der Waals surface area contributed by atoms with Gasteiger partial charge in [0.25, 0.3) is 0 Å². The van der Waals surface area contributed by atoms with Crippen molar-refractivity contribution in [1.29, 1.82) is 0 Å². The van der Waals surface area contributed by atoms with E-state index in [1.54, 1.807) is 0 Å². The second-order valence-electron chi connectivity index (χ2n) is 8.10. The van der Waals surface area contributed by atoms with Crippen LogP contribution in [0.5, 0.6) is 0 Å². The van der Waals surface area contributed by atoms with Gasteiger partial charge in [0.05, 0.1) is 0 Å². The zero-order valence-corrected chi connectivity index (χ0v) is 17.9. The minimum atomic E-state index is -1.32. The molecule has 1 aliphatic carbocycles. The zero-order chi connectivity index (χ0) is 21.0. The number of aliphatic hydroxyl groups is 3. The Morgan fingerprint density at radius 1 is 1.29 bits per heavy atom. The molecule has 0 aromatic carbocycles. The number of ketones is 2. The Morgan fingerprint density at radius 2 is 2.00 bits per heavy atom. The lowest BCUT2D eigenvalue weighted by molar-refractivity contribution is -0.122. The van der Waals surface area contributed by atoms with Crippen LogP contribution in [0.15, 0.2) is 12.2 Å². The van der Waals surface area contributed by atoms with Crippen LogP contribution in [0.4, 0.5) is 0 Å². The van der Waals surface area contributed by atoms with E-state index >= 15 is 0 Å². The standard InChI is InChI=1S/C22H37ClO5/c1-2-3-14-22(28,21(23)27)15-8-9-17-12-13-20(26)19(17)11-7-5-4-6-10-18(25)16-24/h8-9,17,19,21,24,27-28H,2-7,10-16H2,1H3/t17-,19+,21?,22?/m0/s1. The largest absolute Gasteiger partial charge is 0.389 e. The molecule has 0 amide bonds. The van der Waals surface area contributed by atoms with Crippen molar-refractivity contribution < 1.29 is 24.9 Å². The van der Waals surface area contributed by atoms with Gasteiger partial charge in [-0.1, -0.05) is 62.8 Å². The minimum absolute atomic E-state index is 0.0278. The zero-order valence-electron chi connectivity index (χ0n) is 17.1. The van der Waals surface area contributed by atoms with Crippen LogP contribution in [0.25, 0.3) is 0 Å². The van der Waals surface area contributed by atoms with Gasteiger partial charge in [-0.25, -0.2) is 0 Å². The molecule has 0 heterocycles. The summed E-state index contributed by atoms with van der Waals surface area (Å²) in [5, 5.41) is 29.0. The van der Waals surface area contributed by atoms with E-state index in [-0.39, 0.29) is 30.6 Å². The molecule has 0 saturated heterocycles. The van der Waals surface area contributed by atoms with Gasteiger partial charge >= 0.3 is 0 Å². The summed E-state index contributed by atoms with van der Waals surface area (Å²) >= 11 is 5.79. The number of aliphatic hydroxyl groups excluding tert-OH is 2. The van der Waals surface area contributed by atoms with Crippen LogP contribution in [0.1, 0.15) is 84.0 Å². The van der Waals surface area contributed by atoms with Crippen LogP contribution in [-0.4, -0.2) is 44.7 Å². The van der Waals surface area contributed by atoms with Crippen LogP contribution >= 0.6 is 11.6 Å². The Morgan fingerprint density at radius 3 is 2.64 bits per heavy atom. The fraction of sp³-hybridized carbons (Fsp3) is 0.818. The topological polar surface area (TPSA) is 94.8 Å². The molecular formula is C22H37ClO5. The van der Waals surface area contributed by atoms with Crippen molar-refractivity contribution >= 4 is 23.2 Å². The average molecular weight is 417 g/mol. The van der Waals surface area contributed by atoms with Gasteiger partial charge < -0.3 is 15.3 Å². The Hall–Kier alpha value is -0.750. The molecule has 6 heteroatoms. The van der Waals surface area contributed by atoms with Crippen LogP contribution in [0.2, 0.25) is 0 Å². The van der Waals surface area contributed by atoms with E-state index in [4.69, 9.17) is 16.7 Å². The summed E-state index contributed by atoms with van der Waals surface area (Å²) in [6.45, 7) is 1.65. The Bertz CT molecular complexity index is 505. The Balaban J connectivity index is 2.43. The van der Waals surface area contributed by atoms with Gasteiger partial charge in [0.2, 0.25) is 0 Å². The number of carbonyl (C=O) groups is 2. The van der Waals surface area contributed by atoms with Crippen LogP contribution in [0, 0.1) is 11.8 Å². The van der Waals surface area contributed by atoms with Gasteiger partial charge in [0.1, 0.15) is 18.0 Å². The molecule has 5 nitrogen and oxygen atoms in total. The number of rotatable bonds is 15. The van der Waals surface area contributed by atoms with E-state index in [1.165, 1.54) is 0 Å². The molecule has 1 saturated carbocycles. The number of halogens is 1. The Labute approximate surface area is 174 Å². The molecule has 28 heavy (non-hydrogen) atoms. The van der Waals surface area contributed by atoms with Gasteiger partial charge in [-0.3, -0.25) is 9.59 Å². The van der Waals surface area contributed by atoms with Gasteiger partial charge in [-0.2, -0.15) is 0 Å². The molecule has 2 unspecified atom stereocenters. The van der Waals surface area contributed by atoms with Crippen molar-refractivity contribution in [3.63, 3.8) is 0 Å². The normalized spacial score (nSPS) is 23.2. The lowest BCUT2D eigenvalue weighted by atomic mass is 9.88. The number of allylic oxidation sites excluding steroid dienone is 1. The van der Waals surface area contributed by atoms with Crippen molar-refractivity contribution in [1.82, 2.24) is 0 Å². The molecule has 1 fully saturated rings. The fourth-order valence-electron chi connectivity index (χ4n) is 3.91. The van der Waals surface area contributed by atoms with Gasteiger partial charge in [-0.05, 0) is 38.0 Å². The highest BCUT2D eigenvalue weighted by atomic mass is 35.5. The Kier molecular flexibility index (Phi) is 12.2. The molecule has 0 aromatic rings. The van der Waals surface area contributed by atoms with E-state index in [0.29, 0.717) is 25.0 Å². The predicted octanol–water partition coefficient (Wildman–Crippen LogP) is 3.91. The minimum Gasteiger partial charge on any atom is -0.389 e. The average Bonchev–Trinajstić information content (AvgIpc) is 3.02. The van der Waals surface area contributed by atoms with Crippen molar-refractivity contribution in [2.75, 3.05) is 6.61 Å². The first kappa shape index (κ1) is 25.3. The molecule has 0 bridgehead atoms. The summed E-state index contributed by atoms with van der Waals surface area (Å²) in [7, 11) is 0. The fourth-order valence-corrected chi connectivity index (χ4v) is 4.11. The summed E-state index contributed by atoms with van der Waals surface area (Å²) in [6.07, 6.45) is 12.7. The highest BCUT2D eigenvalue weighted by molar-refractivity contribution is 6.20.